The number of benzene rings is 2. The lowest BCUT2D eigenvalue weighted by atomic mass is 10.3. The number of aliphatic imine (C=N–C) groups is 1. The fraction of sp³-hybridized carbons (Fsp3) is 0.0952. The molecule has 0 fully saturated rings. The normalized spacial score (nSPS) is 10.8. The Morgan fingerprint density at radius 1 is 1.14 bits per heavy atom. The smallest absolute Gasteiger partial charge is 0.264 e. The van der Waals surface area contributed by atoms with Gasteiger partial charge in [-0.25, -0.2) is 0 Å². The highest BCUT2D eigenvalue weighted by Crippen LogP contribution is 2.25. The lowest BCUT2D eigenvalue weighted by molar-refractivity contribution is 0.413. The van der Waals surface area contributed by atoms with E-state index < -0.39 is 5.56 Å². The number of hydrogen-bond acceptors (Lipinski definition) is 6. The topological polar surface area (TPSA) is 88.8 Å². The van der Waals surface area contributed by atoms with E-state index in [1.807, 2.05) is 12.1 Å². The summed E-state index contributed by atoms with van der Waals surface area (Å²) < 4.78 is 12.4. The number of nitrogens with one attached hydrogen (secondary N) is 1. The van der Waals surface area contributed by atoms with Crippen LogP contribution < -0.4 is 15.0 Å². The standard InChI is InChI=1S/C21H19N3O4S/c1-3-12-24-20(26)18(19(25)23-21(24)29)13-22-14-4-6-16(7-5-14)28-17-10-8-15(27-2)9-11-17/h3-11,13,26H,1,12H2,2H3,(H,23,25,29). The van der Waals surface area contributed by atoms with Crippen molar-refractivity contribution in [1.29, 1.82) is 0 Å². The average molecular weight is 409 g/mol. The van der Waals surface area contributed by atoms with Gasteiger partial charge in [-0.1, -0.05) is 6.08 Å². The zero-order chi connectivity index (χ0) is 20.8. The predicted molar refractivity (Wildman–Crippen MR) is 115 cm³/mol. The molecule has 7 nitrogen and oxygen atoms in total. The molecule has 3 aromatic rings. The van der Waals surface area contributed by atoms with Crippen molar-refractivity contribution in [3.05, 3.63) is 81.9 Å². The molecule has 0 spiro atoms. The van der Waals surface area contributed by atoms with Crippen molar-refractivity contribution in [3.63, 3.8) is 0 Å². The van der Waals surface area contributed by atoms with Crippen LogP contribution in [-0.4, -0.2) is 28.0 Å². The average Bonchev–Trinajstić information content (AvgIpc) is 2.72. The molecule has 0 aliphatic rings. The Balaban J connectivity index is 1.78. The summed E-state index contributed by atoms with van der Waals surface area (Å²) in [4.78, 5) is 18.9. The molecule has 1 heterocycles. The van der Waals surface area contributed by atoms with Crippen molar-refractivity contribution in [2.24, 2.45) is 4.99 Å². The second kappa shape index (κ2) is 9.03. The minimum atomic E-state index is -0.518. The summed E-state index contributed by atoms with van der Waals surface area (Å²) in [6.07, 6.45) is 2.86. The van der Waals surface area contributed by atoms with Gasteiger partial charge in [0.1, 0.15) is 22.8 Å². The molecule has 0 aliphatic carbocycles. The second-order valence-electron chi connectivity index (χ2n) is 5.93. The van der Waals surface area contributed by atoms with Crippen LogP contribution in [0.25, 0.3) is 0 Å². The number of hydrogen-bond donors (Lipinski definition) is 2. The van der Waals surface area contributed by atoms with Gasteiger partial charge >= 0.3 is 0 Å². The molecule has 29 heavy (non-hydrogen) atoms. The second-order valence-corrected chi connectivity index (χ2v) is 6.31. The van der Waals surface area contributed by atoms with Crippen molar-refractivity contribution in [2.45, 2.75) is 6.54 Å². The van der Waals surface area contributed by atoms with Crippen LogP contribution in [0, 0.1) is 4.77 Å². The minimum absolute atomic E-state index is 0.0130. The Bertz CT molecular complexity index is 1150. The van der Waals surface area contributed by atoms with E-state index in [2.05, 4.69) is 16.6 Å². The van der Waals surface area contributed by atoms with Crippen molar-refractivity contribution in [2.75, 3.05) is 7.11 Å². The maximum Gasteiger partial charge on any atom is 0.264 e. The van der Waals surface area contributed by atoms with Gasteiger partial charge < -0.3 is 14.6 Å². The molecule has 8 heteroatoms. The Morgan fingerprint density at radius 2 is 1.72 bits per heavy atom. The van der Waals surface area contributed by atoms with Crippen LogP contribution in [0.4, 0.5) is 5.69 Å². The molecule has 2 aromatic carbocycles. The predicted octanol–water partition coefficient (Wildman–Crippen LogP) is 4.35. The van der Waals surface area contributed by atoms with Crippen LogP contribution in [0.1, 0.15) is 5.56 Å². The van der Waals surface area contributed by atoms with Gasteiger partial charge in [0.15, 0.2) is 4.77 Å². The largest absolute Gasteiger partial charge is 0.497 e. The van der Waals surface area contributed by atoms with Crippen LogP contribution in [0.5, 0.6) is 23.1 Å². The van der Waals surface area contributed by atoms with Crippen molar-refractivity contribution in [1.82, 2.24) is 9.55 Å². The minimum Gasteiger partial charge on any atom is -0.497 e. The summed E-state index contributed by atoms with van der Waals surface area (Å²) in [5.74, 6) is 1.80. The van der Waals surface area contributed by atoms with Crippen LogP contribution >= 0.6 is 12.2 Å². The Kier molecular flexibility index (Phi) is 6.25. The zero-order valence-corrected chi connectivity index (χ0v) is 16.5. The summed E-state index contributed by atoms with van der Waals surface area (Å²) in [5, 5.41) is 10.3. The molecule has 1 aromatic heterocycles. The van der Waals surface area contributed by atoms with Crippen LogP contribution in [0.3, 0.4) is 0 Å². The van der Waals surface area contributed by atoms with E-state index in [0.717, 1.165) is 5.75 Å². The summed E-state index contributed by atoms with van der Waals surface area (Å²) in [6.45, 7) is 3.87. The van der Waals surface area contributed by atoms with E-state index in [9.17, 15) is 9.90 Å². The number of allylic oxidation sites excluding steroid dienone is 1. The van der Waals surface area contributed by atoms with E-state index in [4.69, 9.17) is 21.7 Å². The summed E-state index contributed by atoms with van der Waals surface area (Å²) in [7, 11) is 1.60. The zero-order valence-electron chi connectivity index (χ0n) is 15.7. The summed E-state index contributed by atoms with van der Waals surface area (Å²) >= 11 is 5.05. The van der Waals surface area contributed by atoms with E-state index in [0.29, 0.717) is 17.2 Å². The maximum absolute atomic E-state index is 12.1. The van der Waals surface area contributed by atoms with Gasteiger partial charge in [-0.15, -0.1) is 6.58 Å². The number of aromatic hydroxyl groups is 1. The van der Waals surface area contributed by atoms with Crippen molar-refractivity contribution < 1.29 is 14.6 Å². The first-order valence-electron chi connectivity index (χ1n) is 8.65. The first-order valence-corrected chi connectivity index (χ1v) is 9.05. The highest BCUT2D eigenvalue weighted by atomic mass is 32.1. The highest BCUT2D eigenvalue weighted by Gasteiger charge is 2.10. The molecule has 0 aliphatic heterocycles. The SMILES string of the molecule is C=CCn1c(O)c(C=Nc2ccc(Oc3ccc(OC)cc3)cc2)c(=O)[nH]c1=S. The number of aromatic nitrogens is 2. The highest BCUT2D eigenvalue weighted by molar-refractivity contribution is 7.71. The molecule has 0 saturated heterocycles. The first kappa shape index (κ1) is 20.1. The number of methoxy groups -OCH3 is 1. The third-order valence-electron chi connectivity index (χ3n) is 3.99. The third-order valence-corrected chi connectivity index (χ3v) is 4.32. The molecule has 0 radical (unpaired) electrons. The molecule has 0 bridgehead atoms. The molecule has 148 valence electrons. The van der Waals surface area contributed by atoms with Gasteiger partial charge in [0.2, 0.25) is 5.88 Å². The van der Waals surface area contributed by atoms with E-state index in [1.54, 1.807) is 49.6 Å². The molecule has 0 unspecified atom stereocenters. The number of H-pyrrole nitrogens is 1. The fourth-order valence-corrected chi connectivity index (χ4v) is 2.76. The molecule has 0 atom stereocenters. The lowest BCUT2D eigenvalue weighted by Gasteiger charge is -2.08. The monoisotopic (exact) mass is 409 g/mol. The van der Waals surface area contributed by atoms with E-state index in [-0.39, 0.29) is 22.8 Å². The molecular formula is C21H19N3O4S. The van der Waals surface area contributed by atoms with Gasteiger partial charge in [-0.3, -0.25) is 19.3 Å². The maximum atomic E-state index is 12.1. The van der Waals surface area contributed by atoms with Gasteiger partial charge in [0.05, 0.1) is 12.8 Å². The van der Waals surface area contributed by atoms with E-state index in [1.165, 1.54) is 10.8 Å². The van der Waals surface area contributed by atoms with Crippen molar-refractivity contribution >= 4 is 24.1 Å². The van der Waals surface area contributed by atoms with Gasteiger partial charge in [0, 0.05) is 12.8 Å². The molecule has 0 amide bonds. The number of aromatic amines is 1. The third kappa shape index (κ3) is 4.80. The van der Waals surface area contributed by atoms with Crippen molar-refractivity contribution in [3.8, 4) is 23.1 Å². The quantitative estimate of drug-likeness (QED) is 0.344. The van der Waals surface area contributed by atoms with Gasteiger partial charge in [-0.2, -0.15) is 0 Å². The Hall–Kier alpha value is -3.65. The Labute approximate surface area is 172 Å². The lowest BCUT2D eigenvalue weighted by Crippen LogP contribution is -2.18. The molecule has 3 rings (SSSR count). The summed E-state index contributed by atoms with van der Waals surface area (Å²) in [5.41, 5.74) is 0.0821. The molecule has 0 saturated carbocycles. The number of nitrogens with zero attached hydrogens (tertiary/aromatic N) is 2. The fourth-order valence-electron chi connectivity index (χ4n) is 2.51. The van der Waals surface area contributed by atoms with Gasteiger partial charge in [0.25, 0.3) is 5.56 Å². The Morgan fingerprint density at radius 3 is 2.31 bits per heavy atom. The number of ether oxygens (including phenoxy) is 2. The number of rotatable bonds is 7. The molecule has 2 N–H and O–H groups in total. The summed E-state index contributed by atoms with van der Waals surface area (Å²) in [6, 6.07) is 14.2. The van der Waals surface area contributed by atoms with Gasteiger partial charge in [-0.05, 0) is 60.7 Å². The van der Waals surface area contributed by atoms with Crippen LogP contribution in [0.15, 0.2) is 71.0 Å². The van der Waals surface area contributed by atoms with Crippen LogP contribution in [0.2, 0.25) is 0 Å². The van der Waals surface area contributed by atoms with E-state index >= 15 is 0 Å². The molecular weight excluding hydrogens is 390 g/mol. The first-order chi connectivity index (χ1) is 14.0. The van der Waals surface area contributed by atoms with Crippen LogP contribution in [-0.2, 0) is 6.54 Å².